The monoisotopic (exact) mass is 598 g/mol. The quantitative estimate of drug-likeness (QED) is 0.190. The van der Waals surface area contributed by atoms with E-state index in [1.165, 1.54) is 37.2 Å². The summed E-state index contributed by atoms with van der Waals surface area (Å²) in [4.78, 5) is 25.6. The predicted molar refractivity (Wildman–Crippen MR) is 143 cm³/mol. The Morgan fingerprint density at radius 3 is 2.59 bits per heavy atom. The number of aliphatic hydroxyl groups is 1. The number of fused-ring (bicyclic) bond motifs is 1. The second-order valence-electron chi connectivity index (χ2n) is 10.3. The van der Waals surface area contributed by atoms with Gasteiger partial charge in [-0.2, -0.15) is 19.4 Å². The molecule has 0 aliphatic carbocycles. The molecule has 1 fully saturated rings. The smallest absolute Gasteiger partial charge is 0.459 e. The van der Waals surface area contributed by atoms with Crippen LogP contribution in [-0.4, -0.2) is 81.3 Å². The molecule has 2 aromatic heterocycles. The number of anilines is 1. The molecule has 13 nitrogen and oxygen atoms in total. The number of halogens is 2. The lowest BCUT2D eigenvalue weighted by molar-refractivity contribution is -0.149. The highest BCUT2D eigenvalue weighted by atomic mass is 31.2. The van der Waals surface area contributed by atoms with Crippen LogP contribution in [0.2, 0.25) is 0 Å². The summed E-state index contributed by atoms with van der Waals surface area (Å²) < 4.78 is 67.0. The first-order chi connectivity index (χ1) is 19.2. The predicted octanol–water partition coefficient (Wildman–Crippen LogP) is 3.15. The summed E-state index contributed by atoms with van der Waals surface area (Å²) in [6, 6.07) is 6.94. The first-order valence-corrected chi connectivity index (χ1v) is 14.3. The molecule has 6 atom stereocenters. The van der Waals surface area contributed by atoms with E-state index >= 15 is 4.39 Å². The van der Waals surface area contributed by atoms with E-state index in [1.54, 1.807) is 46.1 Å². The number of hydrogen-bond donors (Lipinski definition) is 2. The number of aliphatic hydroxyl groups excluding tert-OH is 1. The van der Waals surface area contributed by atoms with Crippen LogP contribution in [-0.2, 0) is 23.4 Å². The standard InChI is InChI=1S/C25H33F2N6O7P/c1-14(2)38-23(35)15(3)31-41(36,40-16-10-8-7-9-11-16)37-12-25(4)19(34)17(26)22(39-25)33-13-28-18-20(32(5)6)29-24(27)30-21(18)33/h7-11,13-15,17,19,22,34H,12H2,1-6H3,(H,31,36)/t15-,17+,19-,22+,25+,41-/m0/s1. The van der Waals surface area contributed by atoms with E-state index in [2.05, 4.69) is 20.0 Å². The fraction of sp³-hybridized carbons (Fsp3) is 0.520. The molecule has 1 aromatic carbocycles. The molecule has 16 heteroatoms. The summed E-state index contributed by atoms with van der Waals surface area (Å²) in [6.45, 7) is 5.46. The lowest BCUT2D eigenvalue weighted by Crippen LogP contribution is -2.44. The second kappa shape index (κ2) is 11.9. The number of aromatic nitrogens is 4. The third kappa shape index (κ3) is 6.65. The van der Waals surface area contributed by atoms with Crippen LogP contribution in [0.15, 0.2) is 36.7 Å². The highest BCUT2D eigenvalue weighted by molar-refractivity contribution is 7.52. The van der Waals surface area contributed by atoms with Gasteiger partial charge in [-0.1, -0.05) is 18.2 Å². The minimum absolute atomic E-state index is 0.0524. The van der Waals surface area contributed by atoms with Gasteiger partial charge in [0.2, 0.25) is 0 Å². The zero-order valence-corrected chi connectivity index (χ0v) is 24.3. The average molecular weight is 599 g/mol. The minimum atomic E-state index is -4.34. The molecule has 1 aliphatic heterocycles. The Labute approximate surface area is 235 Å². The maximum absolute atomic E-state index is 15.5. The van der Waals surface area contributed by atoms with Crippen LogP contribution in [0.3, 0.4) is 0 Å². The number of imidazole rings is 1. The van der Waals surface area contributed by atoms with Crippen molar-refractivity contribution in [1.29, 1.82) is 0 Å². The lowest BCUT2D eigenvalue weighted by Gasteiger charge is -2.30. The fourth-order valence-corrected chi connectivity index (χ4v) is 5.74. The van der Waals surface area contributed by atoms with Crippen LogP contribution in [0, 0.1) is 6.08 Å². The van der Waals surface area contributed by atoms with Crippen molar-refractivity contribution >= 4 is 30.7 Å². The maximum Gasteiger partial charge on any atom is 0.459 e. The van der Waals surface area contributed by atoms with Crippen LogP contribution in [0.1, 0.15) is 33.9 Å². The summed E-state index contributed by atoms with van der Waals surface area (Å²) in [5.41, 5.74) is -1.63. The van der Waals surface area contributed by atoms with Crippen molar-refractivity contribution in [3.05, 3.63) is 42.7 Å². The van der Waals surface area contributed by atoms with Gasteiger partial charge in [0.05, 0.1) is 19.0 Å². The number of esters is 1. The third-order valence-corrected chi connectivity index (χ3v) is 7.83. The molecule has 4 rings (SSSR count). The number of alkyl halides is 1. The number of para-hydroxylation sites is 1. The van der Waals surface area contributed by atoms with Gasteiger partial charge >= 0.3 is 19.8 Å². The van der Waals surface area contributed by atoms with E-state index in [9.17, 15) is 18.9 Å². The highest BCUT2D eigenvalue weighted by Gasteiger charge is 2.55. The van der Waals surface area contributed by atoms with Crippen LogP contribution < -0.4 is 14.5 Å². The Balaban J connectivity index is 1.58. The number of nitrogens with one attached hydrogen (secondary N) is 1. The van der Waals surface area contributed by atoms with Gasteiger partial charge in [0.25, 0.3) is 0 Å². The van der Waals surface area contributed by atoms with E-state index in [-0.39, 0.29) is 22.7 Å². The summed E-state index contributed by atoms with van der Waals surface area (Å²) in [7, 11) is -1.07. The molecule has 0 amide bonds. The van der Waals surface area contributed by atoms with E-state index in [1.807, 2.05) is 0 Å². The Morgan fingerprint density at radius 1 is 1.27 bits per heavy atom. The normalized spacial score (nSPS) is 24.8. The molecule has 0 saturated carbocycles. The molecule has 1 aliphatic rings. The molecular formula is C25H33F2N6O7P. The van der Waals surface area contributed by atoms with Crippen molar-refractivity contribution in [2.75, 3.05) is 25.6 Å². The molecule has 41 heavy (non-hydrogen) atoms. The Kier molecular flexibility index (Phi) is 8.95. The fourth-order valence-electron chi connectivity index (χ4n) is 4.15. The number of carbonyl (C=O) groups is 1. The van der Waals surface area contributed by atoms with Gasteiger partial charge in [0.1, 0.15) is 23.5 Å². The van der Waals surface area contributed by atoms with Crippen molar-refractivity contribution in [2.45, 2.75) is 63.9 Å². The molecule has 224 valence electrons. The van der Waals surface area contributed by atoms with Crippen LogP contribution in [0.5, 0.6) is 5.75 Å². The molecule has 1 saturated heterocycles. The molecule has 3 heterocycles. The van der Waals surface area contributed by atoms with Crippen molar-refractivity contribution in [3.8, 4) is 5.75 Å². The largest absolute Gasteiger partial charge is 0.462 e. The van der Waals surface area contributed by atoms with Gasteiger partial charge in [0, 0.05) is 14.1 Å². The van der Waals surface area contributed by atoms with Crippen LogP contribution >= 0.6 is 7.75 Å². The minimum Gasteiger partial charge on any atom is -0.462 e. The number of rotatable bonds is 11. The zero-order valence-electron chi connectivity index (χ0n) is 23.4. The topological polar surface area (TPSA) is 150 Å². The summed E-state index contributed by atoms with van der Waals surface area (Å²) in [5, 5.41) is 13.4. The third-order valence-electron chi connectivity index (χ3n) is 6.21. The molecule has 3 aromatic rings. The first-order valence-electron chi connectivity index (χ1n) is 12.8. The summed E-state index contributed by atoms with van der Waals surface area (Å²) in [5.74, 6) is -0.372. The van der Waals surface area contributed by atoms with Gasteiger partial charge in [-0.15, -0.1) is 0 Å². The van der Waals surface area contributed by atoms with Crippen molar-refractivity contribution in [2.24, 2.45) is 0 Å². The van der Waals surface area contributed by atoms with E-state index in [0.717, 1.165) is 4.57 Å². The van der Waals surface area contributed by atoms with Crippen molar-refractivity contribution in [3.63, 3.8) is 0 Å². The first kappa shape index (κ1) is 30.7. The molecule has 0 unspecified atom stereocenters. The molecular weight excluding hydrogens is 565 g/mol. The Bertz CT molecular complexity index is 1430. The highest BCUT2D eigenvalue weighted by Crippen LogP contribution is 2.48. The number of benzene rings is 1. The molecule has 0 bridgehead atoms. The van der Waals surface area contributed by atoms with E-state index in [0.29, 0.717) is 0 Å². The maximum atomic E-state index is 15.5. The summed E-state index contributed by atoms with van der Waals surface area (Å²) in [6.07, 6.45) is -5.58. The van der Waals surface area contributed by atoms with Gasteiger partial charge in [-0.05, 0) is 39.8 Å². The van der Waals surface area contributed by atoms with Crippen molar-refractivity contribution in [1.82, 2.24) is 24.6 Å². The SMILES string of the molecule is CC(C)OC(=O)[C@H](C)N[P@](=O)(OC[C@@]1(C)O[C@@H](n2cnc3c(N(C)C)nc(F)nc32)[C@H](F)[C@@H]1O)Oc1ccccc1. The number of ether oxygens (including phenoxy) is 2. The van der Waals surface area contributed by atoms with Gasteiger partial charge in [-0.25, -0.2) is 13.9 Å². The number of nitrogens with zero attached hydrogens (tertiary/aromatic N) is 5. The number of hydrogen-bond acceptors (Lipinski definition) is 11. The molecule has 0 spiro atoms. The average Bonchev–Trinajstić information content (AvgIpc) is 3.41. The van der Waals surface area contributed by atoms with Gasteiger partial charge in [0.15, 0.2) is 29.4 Å². The van der Waals surface area contributed by atoms with E-state index in [4.69, 9.17) is 18.5 Å². The Hall–Kier alpha value is -3.23. The van der Waals surface area contributed by atoms with E-state index < -0.39 is 62.7 Å². The number of carbonyl (C=O) groups excluding carboxylic acids is 1. The zero-order chi connectivity index (χ0) is 30.1. The Morgan fingerprint density at radius 2 is 1.95 bits per heavy atom. The van der Waals surface area contributed by atoms with Gasteiger partial charge in [-0.3, -0.25) is 13.9 Å². The van der Waals surface area contributed by atoms with Crippen LogP contribution in [0.4, 0.5) is 14.6 Å². The second-order valence-corrected chi connectivity index (χ2v) is 12.0. The van der Waals surface area contributed by atoms with Gasteiger partial charge < -0.3 is 24.0 Å². The molecule has 2 N–H and O–H groups in total. The lowest BCUT2D eigenvalue weighted by atomic mass is 9.99. The van der Waals surface area contributed by atoms with Crippen molar-refractivity contribution < 1.29 is 41.8 Å². The molecule has 0 radical (unpaired) electrons. The summed E-state index contributed by atoms with van der Waals surface area (Å²) >= 11 is 0. The van der Waals surface area contributed by atoms with Crippen LogP contribution in [0.25, 0.3) is 11.2 Å².